The van der Waals surface area contributed by atoms with Gasteiger partial charge >= 0.3 is 12.1 Å². The van der Waals surface area contributed by atoms with Gasteiger partial charge in [0.15, 0.2) is 0 Å². The molecule has 0 aliphatic carbocycles. The van der Waals surface area contributed by atoms with Gasteiger partial charge in [-0.15, -0.1) is 0 Å². The molecule has 1 saturated heterocycles. The van der Waals surface area contributed by atoms with Gasteiger partial charge in [0.05, 0.1) is 12.5 Å². The Morgan fingerprint density at radius 2 is 2.04 bits per heavy atom. The van der Waals surface area contributed by atoms with Crippen molar-refractivity contribution in [2.45, 2.75) is 38.8 Å². The van der Waals surface area contributed by atoms with Crippen LogP contribution in [0.2, 0.25) is 0 Å². The molecule has 0 unspecified atom stereocenters. The lowest BCUT2D eigenvalue weighted by atomic mass is 9.89. The van der Waals surface area contributed by atoms with Crippen LogP contribution in [-0.2, 0) is 16.1 Å². The molecule has 4 rings (SSSR count). The van der Waals surface area contributed by atoms with E-state index in [4.69, 9.17) is 4.74 Å². The SMILES string of the molecule is CN1C(=O)[C@H]2CN(Cc3[nH]c4ccc(NC(=O)OC(C)(C)C)cc4c32)C1=O. The van der Waals surface area contributed by atoms with E-state index in [2.05, 4.69) is 10.3 Å². The smallest absolute Gasteiger partial charge is 0.412 e. The third-order valence-electron chi connectivity index (χ3n) is 4.85. The first kappa shape index (κ1) is 17.4. The van der Waals surface area contributed by atoms with E-state index in [0.29, 0.717) is 18.8 Å². The number of amides is 4. The molecule has 27 heavy (non-hydrogen) atoms. The molecular formula is C19H22N4O4. The second-order valence-electron chi connectivity index (χ2n) is 8.02. The lowest BCUT2D eigenvalue weighted by Gasteiger charge is -2.40. The van der Waals surface area contributed by atoms with Gasteiger partial charge in [0, 0.05) is 35.9 Å². The maximum atomic E-state index is 12.6. The zero-order chi connectivity index (χ0) is 19.5. The van der Waals surface area contributed by atoms with Crippen LogP contribution in [0.25, 0.3) is 10.9 Å². The first-order valence-electron chi connectivity index (χ1n) is 8.85. The average Bonchev–Trinajstić information content (AvgIpc) is 2.93. The summed E-state index contributed by atoms with van der Waals surface area (Å²) >= 11 is 0. The minimum atomic E-state index is -0.587. The Labute approximate surface area is 156 Å². The van der Waals surface area contributed by atoms with Gasteiger partial charge in [-0.25, -0.2) is 9.59 Å². The van der Waals surface area contributed by atoms with Crippen molar-refractivity contribution in [3.05, 3.63) is 29.5 Å². The van der Waals surface area contributed by atoms with Crippen LogP contribution >= 0.6 is 0 Å². The predicted molar refractivity (Wildman–Crippen MR) is 99.5 cm³/mol. The zero-order valence-corrected chi connectivity index (χ0v) is 15.8. The molecule has 8 nitrogen and oxygen atoms in total. The van der Waals surface area contributed by atoms with Crippen molar-refractivity contribution in [2.75, 3.05) is 18.9 Å². The Bertz CT molecular complexity index is 972. The summed E-state index contributed by atoms with van der Waals surface area (Å²) in [5.74, 6) is -0.606. The number of urea groups is 1. The summed E-state index contributed by atoms with van der Waals surface area (Å²) in [4.78, 5) is 43.1. The van der Waals surface area contributed by atoms with E-state index in [1.807, 2.05) is 12.1 Å². The van der Waals surface area contributed by atoms with Gasteiger partial charge in [0.1, 0.15) is 5.60 Å². The molecule has 1 aromatic heterocycles. The number of H-pyrrole nitrogens is 1. The zero-order valence-electron chi connectivity index (χ0n) is 15.8. The summed E-state index contributed by atoms with van der Waals surface area (Å²) in [5.41, 5.74) is 2.64. The third-order valence-corrected chi connectivity index (χ3v) is 4.85. The maximum absolute atomic E-state index is 12.6. The Morgan fingerprint density at radius 3 is 2.74 bits per heavy atom. The molecular weight excluding hydrogens is 348 g/mol. The molecule has 2 aliphatic rings. The van der Waals surface area contributed by atoms with Crippen LogP contribution in [0, 0.1) is 0 Å². The summed E-state index contributed by atoms with van der Waals surface area (Å²) < 4.78 is 5.29. The fourth-order valence-electron chi connectivity index (χ4n) is 3.75. The number of benzene rings is 1. The van der Waals surface area contributed by atoms with Crippen molar-refractivity contribution in [2.24, 2.45) is 0 Å². The Hall–Kier alpha value is -3.03. The number of carbonyl (C=O) groups is 3. The molecule has 2 bridgehead atoms. The molecule has 4 amide bonds. The Balaban J connectivity index is 1.71. The summed E-state index contributed by atoms with van der Waals surface area (Å²) in [6, 6.07) is 5.21. The minimum absolute atomic E-state index is 0.205. The van der Waals surface area contributed by atoms with E-state index in [0.717, 1.165) is 22.2 Å². The highest BCUT2D eigenvalue weighted by atomic mass is 16.6. The fourth-order valence-corrected chi connectivity index (χ4v) is 3.75. The van der Waals surface area contributed by atoms with Crippen LogP contribution in [0.4, 0.5) is 15.3 Å². The van der Waals surface area contributed by atoms with Gasteiger partial charge in [-0.3, -0.25) is 15.0 Å². The van der Waals surface area contributed by atoms with Gasteiger partial charge in [-0.2, -0.15) is 0 Å². The fraction of sp³-hybridized carbons (Fsp3) is 0.421. The highest BCUT2D eigenvalue weighted by molar-refractivity contribution is 6.04. The molecule has 1 atom stereocenters. The minimum Gasteiger partial charge on any atom is -0.444 e. The van der Waals surface area contributed by atoms with Crippen molar-refractivity contribution in [1.29, 1.82) is 0 Å². The number of ether oxygens (including phenoxy) is 1. The molecule has 2 aromatic rings. The largest absolute Gasteiger partial charge is 0.444 e. The first-order valence-corrected chi connectivity index (χ1v) is 8.85. The van der Waals surface area contributed by atoms with Crippen LogP contribution in [0.15, 0.2) is 18.2 Å². The van der Waals surface area contributed by atoms with E-state index in [1.54, 1.807) is 31.7 Å². The topological polar surface area (TPSA) is 94.7 Å². The predicted octanol–water partition coefficient (Wildman–Crippen LogP) is 3.01. The average molecular weight is 370 g/mol. The standard InChI is InChI=1S/C19H22N4O4/c1-19(2,3)27-17(25)20-10-5-6-13-11(7-10)15-12-8-23(9-14(15)21-13)18(26)22(4)16(12)24/h5-7,12,21H,8-9H2,1-4H3,(H,20,25)/t12-/m0/s1. The molecule has 0 saturated carbocycles. The number of hydrogen-bond acceptors (Lipinski definition) is 4. The van der Waals surface area contributed by atoms with E-state index < -0.39 is 17.6 Å². The molecule has 1 fully saturated rings. The van der Waals surface area contributed by atoms with Gasteiger partial charge in [0.25, 0.3) is 0 Å². The molecule has 2 N–H and O–H groups in total. The van der Waals surface area contributed by atoms with Crippen molar-refractivity contribution < 1.29 is 19.1 Å². The number of hydrogen-bond donors (Lipinski definition) is 2. The third kappa shape index (κ3) is 2.90. The number of imide groups is 1. The Morgan fingerprint density at radius 1 is 1.30 bits per heavy atom. The van der Waals surface area contributed by atoms with Crippen LogP contribution in [0.3, 0.4) is 0 Å². The monoisotopic (exact) mass is 370 g/mol. The van der Waals surface area contributed by atoms with Crippen LogP contribution in [0.1, 0.15) is 37.9 Å². The quantitative estimate of drug-likeness (QED) is 0.807. The lowest BCUT2D eigenvalue weighted by Crippen LogP contribution is -2.55. The molecule has 142 valence electrons. The molecule has 0 spiro atoms. The molecule has 0 radical (unpaired) electrons. The first-order chi connectivity index (χ1) is 12.6. The summed E-state index contributed by atoms with van der Waals surface area (Å²) in [5, 5.41) is 3.61. The number of carbonyl (C=O) groups excluding carboxylic acids is 3. The van der Waals surface area contributed by atoms with E-state index in [1.165, 1.54) is 11.9 Å². The van der Waals surface area contributed by atoms with Crippen LogP contribution in [0.5, 0.6) is 0 Å². The molecule has 2 aliphatic heterocycles. The molecule has 3 heterocycles. The van der Waals surface area contributed by atoms with Crippen molar-refractivity contribution >= 4 is 34.6 Å². The lowest BCUT2D eigenvalue weighted by molar-refractivity contribution is -0.132. The number of fused-ring (bicyclic) bond motifs is 6. The second-order valence-corrected chi connectivity index (χ2v) is 8.02. The summed E-state index contributed by atoms with van der Waals surface area (Å²) in [6.07, 6.45) is -0.531. The van der Waals surface area contributed by atoms with Crippen molar-refractivity contribution in [3.63, 3.8) is 0 Å². The summed E-state index contributed by atoms with van der Waals surface area (Å²) in [6.45, 7) is 6.22. The van der Waals surface area contributed by atoms with Gasteiger partial charge in [-0.1, -0.05) is 0 Å². The second kappa shape index (κ2) is 5.73. The van der Waals surface area contributed by atoms with Crippen LogP contribution < -0.4 is 5.32 Å². The van der Waals surface area contributed by atoms with Crippen molar-refractivity contribution in [3.8, 4) is 0 Å². The van der Waals surface area contributed by atoms with Gasteiger partial charge in [0.2, 0.25) is 5.91 Å². The number of rotatable bonds is 1. The maximum Gasteiger partial charge on any atom is 0.412 e. The van der Waals surface area contributed by atoms with Gasteiger partial charge < -0.3 is 14.6 Å². The molecule has 1 aromatic carbocycles. The van der Waals surface area contributed by atoms with E-state index >= 15 is 0 Å². The number of aromatic amines is 1. The molecule has 8 heteroatoms. The number of aromatic nitrogens is 1. The van der Waals surface area contributed by atoms with E-state index in [-0.39, 0.29) is 11.9 Å². The number of anilines is 1. The van der Waals surface area contributed by atoms with Crippen molar-refractivity contribution in [1.82, 2.24) is 14.8 Å². The number of nitrogens with zero attached hydrogens (tertiary/aromatic N) is 2. The van der Waals surface area contributed by atoms with Gasteiger partial charge in [-0.05, 0) is 44.5 Å². The normalized spacial score (nSPS) is 19.3. The number of likely N-dealkylation sites (N-methyl/N-ethyl adjacent to an activating group) is 1. The summed E-state index contributed by atoms with van der Waals surface area (Å²) in [7, 11) is 1.51. The Kier molecular flexibility index (Phi) is 3.69. The number of nitrogens with one attached hydrogen (secondary N) is 2. The van der Waals surface area contributed by atoms with E-state index in [9.17, 15) is 14.4 Å². The highest BCUT2D eigenvalue weighted by Crippen LogP contribution is 2.39. The van der Waals surface area contributed by atoms with Crippen LogP contribution in [-0.4, -0.2) is 52.0 Å². The highest BCUT2D eigenvalue weighted by Gasteiger charge is 2.43.